The minimum atomic E-state index is 0.113. The first kappa shape index (κ1) is 16.1. The first-order valence-electron chi connectivity index (χ1n) is 8.76. The van der Waals surface area contributed by atoms with Crippen molar-refractivity contribution >= 4 is 16.8 Å². The zero-order valence-electron chi connectivity index (χ0n) is 14.0. The van der Waals surface area contributed by atoms with E-state index in [1.165, 1.54) is 25.9 Å². The van der Waals surface area contributed by atoms with E-state index in [2.05, 4.69) is 28.2 Å². The molecule has 23 heavy (non-hydrogen) atoms. The molecule has 1 aromatic heterocycles. The van der Waals surface area contributed by atoms with Gasteiger partial charge < -0.3 is 15.2 Å². The van der Waals surface area contributed by atoms with E-state index in [-0.39, 0.29) is 5.91 Å². The van der Waals surface area contributed by atoms with Crippen molar-refractivity contribution < 1.29 is 4.79 Å². The predicted molar refractivity (Wildman–Crippen MR) is 94.5 cm³/mol. The molecule has 3 rings (SSSR count). The van der Waals surface area contributed by atoms with Crippen molar-refractivity contribution in [2.45, 2.75) is 32.6 Å². The number of carbonyl (C=O) groups excluding carboxylic acids is 1. The Morgan fingerprint density at radius 1 is 1.30 bits per heavy atom. The zero-order chi connectivity index (χ0) is 16.1. The molecule has 1 aliphatic rings. The van der Waals surface area contributed by atoms with E-state index >= 15 is 0 Å². The molecule has 0 atom stereocenters. The lowest BCUT2D eigenvalue weighted by Crippen LogP contribution is -2.35. The second kappa shape index (κ2) is 7.64. The molecule has 1 aromatic carbocycles. The van der Waals surface area contributed by atoms with Gasteiger partial charge in [-0.25, -0.2) is 0 Å². The summed E-state index contributed by atoms with van der Waals surface area (Å²) >= 11 is 0. The molecule has 1 saturated heterocycles. The maximum Gasteiger partial charge on any atom is 0.224 e. The molecular weight excluding hydrogens is 286 g/mol. The van der Waals surface area contributed by atoms with Gasteiger partial charge in [-0.15, -0.1) is 0 Å². The van der Waals surface area contributed by atoms with Crippen molar-refractivity contribution in [2.75, 3.05) is 26.2 Å². The molecule has 2 heterocycles. The van der Waals surface area contributed by atoms with Crippen LogP contribution in [-0.4, -0.2) is 42.0 Å². The number of carbonyl (C=O) groups is 1. The van der Waals surface area contributed by atoms with Crippen LogP contribution in [0, 0.1) is 5.92 Å². The molecule has 124 valence electrons. The van der Waals surface area contributed by atoms with Crippen LogP contribution in [0.3, 0.4) is 0 Å². The number of nitrogens with one attached hydrogen (secondary N) is 2. The third kappa shape index (κ3) is 4.35. The van der Waals surface area contributed by atoms with Crippen LogP contribution >= 0.6 is 0 Å². The summed E-state index contributed by atoms with van der Waals surface area (Å²) in [6.45, 7) is 6.63. The first-order valence-corrected chi connectivity index (χ1v) is 8.76. The molecule has 1 fully saturated rings. The van der Waals surface area contributed by atoms with Crippen molar-refractivity contribution in [1.29, 1.82) is 0 Å². The van der Waals surface area contributed by atoms with Crippen LogP contribution in [0.25, 0.3) is 10.9 Å². The molecule has 2 aromatic rings. The summed E-state index contributed by atoms with van der Waals surface area (Å²) < 4.78 is 0. The van der Waals surface area contributed by atoms with E-state index in [9.17, 15) is 4.79 Å². The van der Waals surface area contributed by atoms with E-state index < -0.39 is 0 Å². The zero-order valence-corrected chi connectivity index (χ0v) is 14.0. The van der Waals surface area contributed by atoms with Gasteiger partial charge in [0, 0.05) is 23.6 Å². The Hall–Kier alpha value is -1.81. The Labute approximate surface area is 138 Å². The summed E-state index contributed by atoms with van der Waals surface area (Å²) in [5.41, 5.74) is 2.16. The summed E-state index contributed by atoms with van der Waals surface area (Å²) in [6, 6.07) is 8.11. The van der Waals surface area contributed by atoms with Crippen molar-refractivity contribution in [2.24, 2.45) is 5.92 Å². The largest absolute Gasteiger partial charge is 0.361 e. The Morgan fingerprint density at radius 3 is 2.91 bits per heavy atom. The molecule has 4 heteroatoms. The van der Waals surface area contributed by atoms with E-state index in [4.69, 9.17) is 0 Å². The average Bonchev–Trinajstić information content (AvgIpc) is 2.96. The number of benzene rings is 1. The van der Waals surface area contributed by atoms with Crippen LogP contribution in [0.2, 0.25) is 0 Å². The van der Waals surface area contributed by atoms with Gasteiger partial charge in [0.25, 0.3) is 0 Å². The highest BCUT2D eigenvalue weighted by Gasteiger charge is 2.15. The third-order valence-electron chi connectivity index (χ3n) is 4.88. The molecule has 0 spiro atoms. The molecule has 4 nitrogen and oxygen atoms in total. The van der Waals surface area contributed by atoms with Crippen molar-refractivity contribution in [3.63, 3.8) is 0 Å². The number of H-pyrrole nitrogens is 1. The van der Waals surface area contributed by atoms with Crippen LogP contribution in [0.1, 0.15) is 31.7 Å². The number of amides is 1. The minimum absolute atomic E-state index is 0.113. The number of fused-ring (bicyclic) bond motifs is 1. The number of para-hydroxylation sites is 1. The molecule has 0 bridgehead atoms. The Bertz CT molecular complexity index is 641. The van der Waals surface area contributed by atoms with Crippen LogP contribution in [-0.2, 0) is 11.2 Å². The van der Waals surface area contributed by atoms with Crippen LogP contribution in [0.4, 0.5) is 0 Å². The third-order valence-corrected chi connectivity index (χ3v) is 4.88. The molecule has 0 radical (unpaired) electrons. The normalized spacial score (nSPS) is 16.7. The number of hydrogen-bond acceptors (Lipinski definition) is 2. The number of aromatic nitrogens is 1. The highest BCUT2D eigenvalue weighted by Crippen LogP contribution is 2.18. The molecule has 1 amide bonds. The average molecular weight is 313 g/mol. The summed E-state index contributed by atoms with van der Waals surface area (Å²) in [6.07, 6.45) is 6.05. The highest BCUT2D eigenvalue weighted by molar-refractivity contribution is 5.88. The summed E-state index contributed by atoms with van der Waals surface area (Å²) in [5.74, 6) is 0.990. The Morgan fingerprint density at radius 2 is 2.09 bits per heavy atom. The lowest BCUT2D eigenvalue weighted by molar-refractivity contribution is -0.120. The fraction of sp³-hybridized carbons (Fsp3) is 0.526. The lowest BCUT2D eigenvalue weighted by atomic mass is 9.99. The number of aromatic amines is 1. The fourth-order valence-corrected chi connectivity index (χ4v) is 3.33. The molecule has 2 N–H and O–H groups in total. The first-order chi connectivity index (χ1) is 11.2. The maximum atomic E-state index is 12.1. The molecule has 0 unspecified atom stereocenters. The van der Waals surface area contributed by atoms with Gasteiger partial charge in [0.15, 0.2) is 0 Å². The second-order valence-electron chi connectivity index (χ2n) is 6.76. The van der Waals surface area contributed by atoms with E-state index in [1.54, 1.807) is 0 Å². The van der Waals surface area contributed by atoms with Gasteiger partial charge in [-0.05, 0) is 56.4 Å². The van der Waals surface area contributed by atoms with E-state index in [0.717, 1.165) is 41.9 Å². The molecule has 1 aliphatic heterocycles. The molecule has 0 aliphatic carbocycles. The van der Waals surface area contributed by atoms with Gasteiger partial charge in [0.1, 0.15) is 0 Å². The van der Waals surface area contributed by atoms with Crippen LogP contribution in [0.5, 0.6) is 0 Å². The van der Waals surface area contributed by atoms with Crippen molar-refractivity contribution in [3.8, 4) is 0 Å². The minimum Gasteiger partial charge on any atom is -0.361 e. The number of likely N-dealkylation sites (tertiary alicyclic amines) is 1. The number of rotatable bonds is 6. The fourth-order valence-electron chi connectivity index (χ4n) is 3.33. The number of hydrogen-bond donors (Lipinski definition) is 2. The quantitative estimate of drug-likeness (QED) is 0.806. The van der Waals surface area contributed by atoms with Crippen LogP contribution in [0.15, 0.2) is 30.5 Å². The molecule has 0 saturated carbocycles. The summed E-state index contributed by atoms with van der Waals surface area (Å²) in [5, 5.41) is 4.20. The van der Waals surface area contributed by atoms with Gasteiger partial charge in [-0.3, -0.25) is 4.79 Å². The van der Waals surface area contributed by atoms with Gasteiger partial charge >= 0.3 is 0 Å². The van der Waals surface area contributed by atoms with Gasteiger partial charge in [-0.1, -0.05) is 25.1 Å². The second-order valence-corrected chi connectivity index (χ2v) is 6.76. The highest BCUT2D eigenvalue weighted by atomic mass is 16.1. The maximum absolute atomic E-state index is 12.1. The van der Waals surface area contributed by atoms with Crippen molar-refractivity contribution in [1.82, 2.24) is 15.2 Å². The smallest absolute Gasteiger partial charge is 0.224 e. The number of piperidine rings is 1. The standard InChI is InChI=1S/C19H27N3O/c1-15-7-11-22(12-8-15)10-4-9-20-19(23)13-16-14-21-18-6-3-2-5-17(16)18/h2-3,5-6,14-15,21H,4,7-13H2,1H3,(H,20,23). The Balaban J connectivity index is 1.38. The van der Waals surface area contributed by atoms with E-state index in [1.807, 2.05) is 24.4 Å². The van der Waals surface area contributed by atoms with Gasteiger partial charge in [0.2, 0.25) is 5.91 Å². The van der Waals surface area contributed by atoms with E-state index in [0.29, 0.717) is 6.42 Å². The molecular formula is C19H27N3O. The summed E-state index contributed by atoms with van der Waals surface area (Å²) in [4.78, 5) is 17.8. The lowest BCUT2D eigenvalue weighted by Gasteiger charge is -2.30. The number of nitrogens with zero attached hydrogens (tertiary/aromatic N) is 1. The SMILES string of the molecule is CC1CCN(CCCNC(=O)Cc2c[nH]c3ccccc23)CC1. The van der Waals surface area contributed by atoms with Gasteiger partial charge in [-0.2, -0.15) is 0 Å². The van der Waals surface area contributed by atoms with Gasteiger partial charge in [0.05, 0.1) is 6.42 Å². The predicted octanol–water partition coefficient (Wildman–Crippen LogP) is 2.95. The summed E-state index contributed by atoms with van der Waals surface area (Å²) in [7, 11) is 0. The topological polar surface area (TPSA) is 48.1 Å². The van der Waals surface area contributed by atoms with Crippen LogP contribution < -0.4 is 5.32 Å². The Kier molecular flexibility index (Phi) is 5.34. The van der Waals surface area contributed by atoms with Crippen molar-refractivity contribution in [3.05, 3.63) is 36.0 Å². The monoisotopic (exact) mass is 313 g/mol.